The van der Waals surface area contributed by atoms with Gasteiger partial charge in [-0.25, -0.2) is 4.68 Å². The zero-order valence-corrected chi connectivity index (χ0v) is 5.59. The summed E-state index contributed by atoms with van der Waals surface area (Å²) in [6.45, 7) is 0. The Bertz CT molecular complexity index is 245. The third kappa shape index (κ3) is 1.10. The van der Waals surface area contributed by atoms with E-state index >= 15 is 0 Å². The Morgan fingerprint density at radius 2 is 2.44 bits per heavy atom. The molecule has 4 heteroatoms. The van der Waals surface area contributed by atoms with Gasteiger partial charge in [-0.3, -0.25) is 4.79 Å². The molecule has 1 rings (SSSR count). The number of aryl methyl sites for hydroxylation is 1. The lowest BCUT2D eigenvalue weighted by atomic mass is 10.6. The topological polar surface area (TPSA) is 34.9 Å². The van der Waals surface area contributed by atoms with Gasteiger partial charge in [-0.15, -0.1) is 0 Å². The maximum absolute atomic E-state index is 10.7. The van der Waals surface area contributed by atoms with Crippen LogP contribution in [-0.2, 0) is 7.05 Å². The summed E-state index contributed by atoms with van der Waals surface area (Å²) in [5.74, 6) is 0. The van der Waals surface area contributed by atoms with Gasteiger partial charge in [0.15, 0.2) is 0 Å². The monoisotopic (exact) mass is 144 g/mol. The molecule has 0 saturated heterocycles. The number of rotatable bonds is 0. The molecular formula is C5H5ClN2O. The van der Waals surface area contributed by atoms with Gasteiger partial charge in [-0.05, 0) is 6.07 Å². The minimum Gasteiger partial charge on any atom is -0.266 e. The average Bonchev–Trinajstić information content (AvgIpc) is 1.83. The molecule has 0 aliphatic carbocycles. The van der Waals surface area contributed by atoms with Crippen LogP contribution in [0.5, 0.6) is 0 Å². The van der Waals surface area contributed by atoms with Gasteiger partial charge in [-0.1, -0.05) is 11.6 Å². The molecule has 9 heavy (non-hydrogen) atoms. The number of hydrogen-bond donors (Lipinski definition) is 0. The van der Waals surface area contributed by atoms with Gasteiger partial charge in [0.2, 0.25) is 0 Å². The molecule has 1 aromatic rings. The Hall–Kier alpha value is -0.830. The number of nitrogens with zero attached hydrogens (tertiary/aromatic N) is 2. The highest BCUT2D eigenvalue weighted by atomic mass is 35.5. The summed E-state index contributed by atoms with van der Waals surface area (Å²) in [6, 6.07) is 1.46. The molecule has 0 saturated carbocycles. The molecule has 0 radical (unpaired) electrons. The SMILES string of the molecule is Cn1nccc(Cl)c1=O. The number of hydrogen-bond acceptors (Lipinski definition) is 2. The molecule has 0 aliphatic heterocycles. The van der Waals surface area contributed by atoms with E-state index in [1.165, 1.54) is 16.9 Å². The van der Waals surface area contributed by atoms with Crippen LogP contribution >= 0.6 is 11.6 Å². The fraction of sp³-hybridized carbons (Fsp3) is 0.200. The van der Waals surface area contributed by atoms with Crippen LogP contribution < -0.4 is 5.56 Å². The second-order valence-corrected chi connectivity index (χ2v) is 2.02. The Morgan fingerprint density at radius 1 is 1.78 bits per heavy atom. The summed E-state index contributed by atoms with van der Waals surface area (Å²) in [6.07, 6.45) is 1.48. The van der Waals surface area contributed by atoms with Crippen molar-refractivity contribution >= 4 is 11.6 Å². The van der Waals surface area contributed by atoms with Crippen molar-refractivity contribution < 1.29 is 0 Å². The summed E-state index contributed by atoms with van der Waals surface area (Å²) < 4.78 is 1.18. The van der Waals surface area contributed by atoms with Gasteiger partial charge in [0.1, 0.15) is 5.02 Å². The molecular weight excluding hydrogens is 140 g/mol. The fourth-order valence-electron chi connectivity index (χ4n) is 0.477. The smallest absolute Gasteiger partial charge is 0.266 e. The fourth-order valence-corrected chi connectivity index (χ4v) is 0.656. The predicted octanol–water partition coefficient (Wildman–Crippen LogP) is 0.434. The van der Waals surface area contributed by atoms with Crippen LogP contribution in [-0.4, -0.2) is 9.78 Å². The first kappa shape index (κ1) is 6.29. The van der Waals surface area contributed by atoms with Crippen LogP contribution in [0.3, 0.4) is 0 Å². The summed E-state index contributed by atoms with van der Waals surface area (Å²) in [7, 11) is 1.55. The van der Waals surface area contributed by atoms with Crippen LogP contribution in [0, 0.1) is 0 Å². The second kappa shape index (κ2) is 2.19. The lowest BCUT2D eigenvalue weighted by molar-refractivity contribution is 0.707. The number of halogens is 1. The molecule has 0 atom stereocenters. The van der Waals surface area contributed by atoms with E-state index in [9.17, 15) is 4.79 Å². The third-order valence-corrected chi connectivity index (χ3v) is 1.25. The van der Waals surface area contributed by atoms with Gasteiger partial charge >= 0.3 is 0 Å². The van der Waals surface area contributed by atoms with Crippen molar-refractivity contribution in [1.29, 1.82) is 0 Å². The van der Waals surface area contributed by atoms with Gasteiger partial charge in [0, 0.05) is 13.2 Å². The minimum atomic E-state index is -0.265. The van der Waals surface area contributed by atoms with Crippen LogP contribution in [0.15, 0.2) is 17.1 Å². The molecule has 0 bridgehead atoms. The van der Waals surface area contributed by atoms with Gasteiger partial charge < -0.3 is 0 Å². The largest absolute Gasteiger partial charge is 0.285 e. The van der Waals surface area contributed by atoms with Gasteiger partial charge in [0.25, 0.3) is 5.56 Å². The van der Waals surface area contributed by atoms with E-state index in [-0.39, 0.29) is 10.6 Å². The molecule has 1 aromatic heterocycles. The highest BCUT2D eigenvalue weighted by Gasteiger charge is 1.93. The summed E-state index contributed by atoms with van der Waals surface area (Å²) >= 11 is 5.44. The Balaban J connectivity index is 3.43. The van der Waals surface area contributed by atoms with Crippen molar-refractivity contribution in [3.05, 3.63) is 27.6 Å². The van der Waals surface area contributed by atoms with E-state index in [0.29, 0.717) is 0 Å². The maximum Gasteiger partial charge on any atom is 0.285 e. The predicted molar refractivity (Wildman–Crippen MR) is 34.5 cm³/mol. The first-order valence-electron chi connectivity index (χ1n) is 2.39. The lowest BCUT2D eigenvalue weighted by Gasteiger charge is -1.91. The van der Waals surface area contributed by atoms with E-state index in [4.69, 9.17) is 11.6 Å². The van der Waals surface area contributed by atoms with Crippen LogP contribution in [0.1, 0.15) is 0 Å². The van der Waals surface area contributed by atoms with Crippen molar-refractivity contribution in [3.8, 4) is 0 Å². The summed E-state index contributed by atoms with van der Waals surface area (Å²) in [4.78, 5) is 10.7. The standard InChI is InChI=1S/C5H5ClN2O/c1-8-5(9)4(6)2-3-7-8/h2-3H,1H3. The van der Waals surface area contributed by atoms with Crippen LogP contribution in [0.2, 0.25) is 5.02 Å². The van der Waals surface area contributed by atoms with E-state index in [1.807, 2.05) is 0 Å². The zero-order valence-electron chi connectivity index (χ0n) is 4.84. The molecule has 0 spiro atoms. The van der Waals surface area contributed by atoms with E-state index in [2.05, 4.69) is 5.10 Å². The van der Waals surface area contributed by atoms with Crippen molar-refractivity contribution in [2.45, 2.75) is 0 Å². The number of aromatic nitrogens is 2. The van der Waals surface area contributed by atoms with E-state index < -0.39 is 0 Å². The molecule has 3 nitrogen and oxygen atoms in total. The van der Waals surface area contributed by atoms with Crippen molar-refractivity contribution in [1.82, 2.24) is 9.78 Å². The first-order valence-corrected chi connectivity index (χ1v) is 2.77. The van der Waals surface area contributed by atoms with Crippen molar-refractivity contribution in [2.75, 3.05) is 0 Å². The van der Waals surface area contributed by atoms with Crippen LogP contribution in [0.25, 0.3) is 0 Å². The minimum absolute atomic E-state index is 0.201. The molecule has 0 unspecified atom stereocenters. The lowest BCUT2D eigenvalue weighted by Crippen LogP contribution is -2.18. The van der Waals surface area contributed by atoms with Crippen molar-refractivity contribution in [2.24, 2.45) is 7.05 Å². The third-order valence-electron chi connectivity index (χ3n) is 0.959. The summed E-state index contributed by atoms with van der Waals surface area (Å²) in [5.41, 5.74) is -0.265. The zero-order chi connectivity index (χ0) is 6.85. The average molecular weight is 145 g/mol. The Morgan fingerprint density at radius 3 is 2.89 bits per heavy atom. The molecule has 0 amide bonds. The molecule has 1 heterocycles. The molecule has 0 aromatic carbocycles. The normalized spacial score (nSPS) is 9.56. The first-order chi connectivity index (χ1) is 4.22. The molecule has 0 N–H and O–H groups in total. The van der Waals surface area contributed by atoms with Crippen molar-refractivity contribution in [3.63, 3.8) is 0 Å². The molecule has 0 fully saturated rings. The Labute approximate surface area is 56.9 Å². The maximum atomic E-state index is 10.7. The molecule has 0 aliphatic rings. The van der Waals surface area contributed by atoms with Crippen LogP contribution in [0.4, 0.5) is 0 Å². The van der Waals surface area contributed by atoms with Gasteiger partial charge in [-0.2, -0.15) is 5.10 Å². The van der Waals surface area contributed by atoms with Gasteiger partial charge in [0.05, 0.1) is 0 Å². The highest BCUT2D eigenvalue weighted by molar-refractivity contribution is 6.30. The second-order valence-electron chi connectivity index (χ2n) is 1.61. The quantitative estimate of drug-likeness (QED) is 0.530. The van der Waals surface area contributed by atoms with E-state index in [0.717, 1.165) is 0 Å². The highest BCUT2D eigenvalue weighted by Crippen LogP contribution is 1.94. The van der Waals surface area contributed by atoms with E-state index in [1.54, 1.807) is 7.05 Å². The molecule has 48 valence electrons. The Kier molecular flexibility index (Phi) is 1.53. The summed E-state index contributed by atoms with van der Waals surface area (Å²) in [5, 5.41) is 3.86.